The highest BCUT2D eigenvalue weighted by Gasteiger charge is 2.25. The lowest BCUT2D eigenvalue weighted by molar-refractivity contribution is -0.132. The molecule has 1 saturated heterocycles. The number of amides is 2. The van der Waals surface area contributed by atoms with Crippen molar-refractivity contribution in [3.8, 4) is 0 Å². The Hall–Kier alpha value is -2.86. The summed E-state index contributed by atoms with van der Waals surface area (Å²) < 4.78 is 6.31. The summed E-state index contributed by atoms with van der Waals surface area (Å²) in [5, 5.41) is 0. The molecule has 0 bridgehead atoms. The van der Waals surface area contributed by atoms with Crippen LogP contribution in [-0.4, -0.2) is 41.2 Å². The van der Waals surface area contributed by atoms with E-state index in [9.17, 15) is 9.59 Å². The number of carbonyl (C=O) groups excluding carboxylic acids is 2. The molecule has 4 rings (SSSR count). The second-order valence-electron chi connectivity index (χ2n) is 8.58. The number of hydrogen-bond donors (Lipinski definition) is 0. The first-order chi connectivity index (χ1) is 16.1. The molecular weight excluding hydrogens is 480 g/mol. The molecule has 1 aliphatic heterocycles. The standard InChI is InChI=1S/C27H29BrN2O3/c28-24-9-4-8-23(19-24)27(32)30(20-25-10-5-17-33-25)16-13-26(31)29-14-11-22(12-15-29)18-21-6-2-1-3-7-21/h1-10,17,19,22H,11-16,18,20H2. The Balaban J connectivity index is 1.32. The Morgan fingerprint density at radius 2 is 1.79 bits per heavy atom. The summed E-state index contributed by atoms with van der Waals surface area (Å²) in [7, 11) is 0. The maximum atomic E-state index is 13.2. The van der Waals surface area contributed by atoms with Gasteiger partial charge in [-0.05, 0) is 61.1 Å². The molecule has 3 aromatic rings. The van der Waals surface area contributed by atoms with Crippen LogP contribution in [0.2, 0.25) is 0 Å². The number of furan rings is 1. The average Bonchev–Trinajstić information content (AvgIpc) is 3.35. The third-order valence-electron chi connectivity index (χ3n) is 6.22. The molecule has 2 heterocycles. The van der Waals surface area contributed by atoms with E-state index in [0.717, 1.165) is 36.8 Å². The van der Waals surface area contributed by atoms with E-state index < -0.39 is 0 Å². The van der Waals surface area contributed by atoms with E-state index in [-0.39, 0.29) is 11.8 Å². The molecule has 0 radical (unpaired) electrons. The van der Waals surface area contributed by atoms with Crippen LogP contribution >= 0.6 is 15.9 Å². The zero-order valence-electron chi connectivity index (χ0n) is 18.7. The molecule has 0 unspecified atom stereocenters. The van der Waals surface area contributed by atoms with Crippen molar-refractivity contribution in [2.45, 2.75) is 32.2 Å². The van der Waals surface area contributed by atoms with Gasteiger partial charge in [0, 0.05) is 36.1 Å². The molecule has 0 atom stereocenters. The van der Waals surface area contributed by atoms with E-state index in [1.807, 2.05) is 35.2 Å². The molecule has 6 heteroatoms. The average molecular weight is 509 g/mol. The van der Waals surface area contributed by atoms with Crippen LogP contribution in [0.15, 0.2) is 81.9 Å². The van der Waals surface area contributed by atoms with Gasteiger partial charge in [-0.15, -0.1) is 0 Å². The Morgan fingerprint density at radius 3 is 2.48 bits per heavy atom. The zero-order chi connectivity index (χ0) is 23.0. The van der Waals surface area contributed by atoms with Crippen LogP contribution in [0.4, 0.5) is 0 Å². The second-order valence-corrected chi connectivity index (χ2v) is 9.50. The summed E-state index contributed by atoms with van der Waals surface area (Å²) in [4.78, 5) is 29.8. The molecular formula is C27H29BrN2O3. The van der Waals surface area contributed by atoms with Gasteiger partial charge < -0.3 is 14.2 Å². The molecule has 0 saturated carbocycles. The monoisotopic (exact) mass is 508 g/mol. The van der Waals surface area contributed by atoms with Gasteiger partial charge in [0.2, 0.25) is 5.91 Å². The van der Waals surface area contributed by atoms with Crippen LogP contribution in [0.5, 0.6) is 0 Å². The number of halogens is 1. The molecule has 1 fully saturated rings. The topological polar surface area (TPSA) is 53.8 Å². The normalized spacial score (nSPS) is 14.3. The fourth-order valence-corrected chi connectivity index (χ4v) is 4.77. The lowest BCUT2D eigenvalue weighted by Gasteiger charge is -2.33. The van der Waals surface area contributed by atoms with Crippen LogP contribution < -0.4 is 0 Å². The van der Waals surface area contributed by atoms with E-state index in [2.05, 4.69) is 40.2 Å². The summed E-state index contributed by atoms with van der Waals surface area (Å²) in [6.45, 7) is 2.27. The van der Waals surface area contributed by atoms with Gasteiger partial charge in [0.15, 0.2) is 0 Å². The molecule has 2 amide bonds. The van der Waals surface area contributed by atoms with Crippen molar-refractivity contribution in [3.05, 3.63) is 94.4 Å². The lowest BCUT2D eigenvalue weighted by atomic mass is 9.90. The maximum absolute atomic E-state index is 13.2. The van der Waals surface area contributed by atoms with Crippen molar-refractivity contribution >= 4 is 27.7 Å². The lowest BCUT2D eigenvalue weighted by Crippen LogP contribution is -2.41. The quantitative estimate of drug-likeness (QED) is 0.400. The van der Waals surface area contributed by atoms with Crippen molar-refractivity contribution in [3.63, 3.8) is 0 Å². The van der Waals surface area contributed by atoms with Crippen molar-refractivity contribution < 1.29 is 14.0 Å². The predicted molar refractivity (Wildman–Crippen MR) is 132 cm³/mol. The summed E-state index contributed by atoms with van der Waals surface area (Å²) in [6, 6.07) is 21.5. The van der Waals surface area contributed by atoms with Crippen LogP contribution in [0.25, 0.3) is 0 Å². The first kappa shape index (κ1) is 23.3. The highest BCUT2D eigenvalue weighted by Crippen LogP contribution is 2.22. The Kier molecular flexibility index (Phi) is 8.00. The minimum absolute atomic E-state index is 0.109. The Morgan fingerprint density at radius 1 is 1.00 bits per heavy atom. The van der Waals surface area contributed by atoms with Gasteiger partial charge in [-0.25, -0.2) is 0 Å². The number of piperidine rings is 1. The third-order valence-corrected chi connectivity index (χ3v) is 6.71. The first-order valence-electron chi connectivity index (χ1n) is 11.5. The number of rotatable bonds is 8. The Labute approximate surface area is 203 Å². The van der Waals surface area contributed by atoms with E-state index in [1.54, 1.807) is 23.3 Å². The van der Waals surface area contributed by atoms with Crippen molar-refractivity contribution in [1.29, 1.82) is 0 Å². The zero-order valence-corrected chi connectivity index (χ0v) is 20.2. The number of carbonyl (C=O) groups is 2. The molecule has 0 spiro atoms. The van der Waals surface area contributed by atoms with E-state index >= 15 is 0 Å². The van der Waals surface area contributed by atoms with Gasteiger partial charge in [0.25, 0.3) is 5.91 Å². The highest BCUT2D eigenvalue weighted by molar-refractivity contribution is 9.10. The fraction of sp³-hybridized carbons (Fsp3) is 0.333. The summed E-state index contributed by atoms with van der Waals surface area (Å²) in [6.07, 6.45) is 5.02. The summed E-state index contributed by atoms with van der Waals surface area (Å²) in [5.74, 6) is 1.32. The molecule has 2 aromatic carbocycles. The van der Waals surface area contributed by atoms with Crippen LogP contribution in [0.3, 0.4) is 0 Å². The van der Waals surface area contributed by atoms with Crippen LogP contribution in [0.1, 0.15) is 40.9 Å². The minimum atomic E-state index is -0.109. The second kappa shape index (κ2) is 11.3. The maximum Gasteiger partial charge on any atom is 0.254 e. The predicted octanol–water partition coefficient (Wildman–Crippen LogP) is 5.56. The molecule has 172 valence electrons. The Bertz CT molecular complexity index is 1040. The van der Waals surface area contributed by atoms with E-state index in [0.29, 0.717) is 36.8 Å². The van der Waals surface area contributed by atoms with Crippen molar-refractivity contribution in [2.75, 3.05) is 19.6 Å². The minimum Gasteiger partial charge on any atom is -0.467 e. The first-order valence-corrected chi connectivity index (χ1v) is 12.3. The van der Waals surface area contributed by atoms with Gasteiger partial charge in [-0.1, -0.05) is 52.3 Å². The molecule has 33 heavy (non-hydrogen) atoms. The fourth-order valence-electron chi connectivity index (χ4n) is 4.37. The highest BCUT2D eigenvalue weighted by atomic mass is 79.9. The van der Waals surface area contributed by atoms with Gasteiger partial charge >= 0.3 is 0 Å². The molecule has 1 aromatic heterocycles. The number of benzene rings is 2. The van der Waals surface area contributed by atoms with Crippen molar-refractivity contribution in [2.24, 2.45) is 5.92 Å². The molecule has 0 aliphatic carbocycles. The number of hydrogen-bond acceptors (Lipinski definition) is 3. The van der Waals surface area contributed by atoms with Crippen LogP contribution in [-0.2, 0) is 17.8 Å². The molecule has 1 aliphatic rings. The number of nitrogens with zero attached hydrogens (tertiary/aromatic N) is 2. The van der Waals surface area contributed by atoms with Gasteiger partial charge in [0.05, 0.1) is 12.8 Å². The third kappa shape index (κ3) is 6.57. The van der Waals surface area contributed by atoms with E-state index in [4.69, 9.17) is 4.42 Å². The number of likely N-dealkylation sites (tertiary alicyclic amines) is 1. The largest absolute Gasteiger partial charge is 0.467 e. The van der Waals surface area contributed by atoms with Crippen LogP contribution in [0, 0.1) is 5.92 Å². The van der Waals surface area contributed by atoms with Crippen molar-refractivity contribution in [1.82, 2.24) is 9.80 Å². The smallest absolute Gasteiger partial charge is 0.254 e. The van der Waals surface area contributed by atoms with E-state index in [1.165, 1.54) is 5.56 Å². The van der Waals surface area contributed by atoms with Gasteiger partial charge in [0.1, 0.15) is 5.76 Å². The molecule has 0 N–H and O–H groups in total. The SMILES string of the molecule is O=C(CCN(Cc1ccco1)C(=O)c1cccc(Br)c1)N1CCC(Cc2ccccc2)CC1. The summed E-state index contributed by atoms with van der Waals surface area (Å²) >= 11 is 3.43. The molecule has 5 nitrogen and oxygen atoms in total. The van der Waals surface area contributed by atoms with Gasteiger partial charge in [-0.2, -0.15) is 0 Å². The summed E-state index contributed by atoms with van der Waals surface area (Å²) in [5.41, 5.74) is 1.95. The van der Waals surface area contributed by atoms with Gasteiger partial charge in [-0.3, -0.25) is 9.59 Å².